The first-order chi connectivity index (χ1) is 10.3. The standard InChI is InChI=1S/C16H18N2O4/c1-16(2,3)13(19)9-22-14(20)8-12-10-6-4-5-7-11(10)15(21)18-17-12/h4-7H,8-9H2,1-3H3,(H,18,21). The molecule has 1 N–H and O–H groups in total. The Balaban J connectivity index is 2.12. The van der Waals surface area contributed by atoms with Crippen LogP contribution in [0.2, 0.25) is 0 Å². The average Bonchev–Trinajstić information content (AvgIpc) is 2.47. The van der Waals surface area contributed by atoms with Crippen molar-refractivity contribution in [1.29, 1.82) is 0 Å². The van der Waals surface area contributed by atoms with Gasteiger partial charge >= 0.3 is 5.97 Å². The molecule has 0 aliphatic rings. The van der Waals surface area contributed by atoms with E-state index in [0.29, 0.717) is 16.5 Å². The highest BCUT2D eigenvalue weighted by Gasteiger charge is 2.22. The van der Waals surface area contributed by atoms with Crippen LogP contribution >= 0.6 is 0 Å². The molecule has 2 aromatic rings. The number of nitrogens with one attached hydrogen (secondary N) is 1. The van der Waals surface area contributed by atoms with Gasteiger partial charge in [0.1, 0.15) is 0 Å². The highest BCUT2D eigenvalue weighted by atomic mass is 16.5. The van der Waals surface area contributed by atoms with Gasteiger partial charge in [0.25, 0.3) is 5.56 Å². The van der Waals surface area contributed by atoms with Crippen LogP contribution < -0.4 is 5.56 Å². The SMILES string of the molecule is CC(C)(C)C(=O)COC(=O)Cc1n[nH]c(=O)c2ccccc12. The predicted molar refractivity (Wildman–Crippen MR) is 81.5 cm³/mol. The topological polar surface area (TPSA) is 89.1 Å². The van der Waals surface area contributed by atoms with Gasteiger partial charge in [-0.3, -0.25) is 14.4 Å². The summed E-state index contributed by atoms with van der Waals surface area (Å²) in [5.74, 6) is -0.706. The Labute approximate surface area is 127 Å². The van der Waals surface area contributed by atoms with Gasteiger partial charge in [-0.15, -0.1) is 0 Å². The number of esters is 1. The van der Waals surface area contributed by atoms with E-state index in [0.717, 1.165) is 0 Å². The molecule has 2 rings (SSSR count). The fourth-order valence-corrected chi connectivity index (χ4v) is 1.86. The Hall–Kier alpha value is -2.50. The molecule has 1 heterocycles. The summed E-state index contributed by atoms with van der Waals surface area (Å²) in [6.45, 7) is 5.03. The fraction of sp³-hybridized carbons (Fsp3) is 0.375. The molecule has 0 saturated heterocycles. The third kappa shape index (κ3) is 3.58. The van der Waals surface area contributed by atoms with E-state index < -0.39 is 11.4 Å². The molecule has 0 spiro atoms. The fourth-order valence-electron chi connectivity index (χ4n) is 1.86. The Morgan fingerprint density at radius 2 is 1.82 bits per heavy atom. The Bertz CT molecular complexity index is 772. The Morgan fingerprint density at radius 1 is 1.18 bits per heavy atom. The summed E-state index contributed by atoms with van der Waals surface area (Å²) < 4.78 is 4.99. The number of hydrogen-bond donors (Lipinski definition) is 1. The molecule has 0 saturated carbocycles. The predicted octanol–water partition coefficient (Wildman–Crippen LogP) is 1.62. The zero-order valence-electron chi connectivity index (χ0n) is 12.8. The van der Waals surface area contributed by atoms with Crippen LogP contribution in [-0.2, 0) is 20.7 Å². The lowest BCUT2D eigenvalue weighted by atomic mass is 9.91. The number of aromatic amines is 1. The first kappa shape index (κ1) is 15.9. The van der Waals surface area contributed by atoms with Crippen LogP contribution in [0.4, 0.5) is 0 Å². The number of benzene rings is 1. The van der Waals surface area contributed by atoms with Gasteiger partial charge in [-0.1, -0.05) is 39.0 Å². The van der Waals surface area contributed by atoms with E-state index in [1.165, 1.54) is 0 Å². The van der Waals surface area contributed by atoms with Crippen LogP contribution in [0.5, 0.6) is 0 Å². The number of fused-ring (bicyclic) bond motifs is 1. The Morgan fingerprint density at radius 3 is 2.45 bits per heavy atom. The summed E-state index contributed by atoms with van der Waals surface area (Å²) in [6.07, 6.45) is -0.102. The highest BCUT2D eigenvalue weighted by molar-refractivity contribution is 5.89. The zero-order chi connectivity index (χ0) is 16.3. The van der Waals surface area contributed by atoms with Crippen molar-refractivity contribution in [2.24, 2.45) is 5.41 Å². The molecule has 1 aromatic heterocycles. The normalized spacial score (nSPS) is 11.4. The molecule has 0 aliphatic carbocycles. The largest absolute Gasteiger partial charge is 0.457 e. The second-order valence-electron chi connectivity index (χ2n) is 6.06. The smallest absolute Gasteiger partial charge is 0.312 e. The molecule has 0 fully saturated rings. The van der Waals surface area contributed by atoms with E-state index >= 15 is 0 Å². The summed E-state index contributed by atoms with van der Waals surface area (Å²) in [5.41, 5.74) is -0.442. The molecule has 22 heavy (non-hydrogen) atoms. The second-order valence-corrected chi connectivity index (χ2v) is 6.06. The first-order valence-electron chi connectivity index (χ1n) is 6.94. The minimum Gasteiger partial charge on any atom is -0.457 e. The first-order valence-corrected chi connectivity index (χ1v) is 6.94. The van der Waals surface area contributed by atoms with Crippen molar-refractivity contribution in [3.05, 3.63) is 40.3 Å². The van der Waals surface area contributed by atoms with Gasteiger partial charge in [-0.05, 0) is 6.07 Å². The summed E-state index contributed by atoms with van der Waals surface area (Å²) in [5, 5.41) is 7.32. The molecular formula is C16H18N2O4. The van der Waals surface area contributed by atoms with Crippen LogP contribution in [0, 0.1) is 5.41 Å². The number of H-pyrrole nitrogens is 1. The van der Waals surface area contributed by atoms with Crippen LogP contribution in [0.15, 0.2) is 29.1 Å². The molecule has 0 amide bonds. The second kappa shape index (κ2) is 6.09. The maximum atomic E-state index is 11.9. The highest BCUT2D eigenvalue weighted by Crippen LogP contribution is 2.15. The monoisotopic (exact) mass is 302 g/mol. The minimum atomic E-state index is -0.553. The zero-order valence-corrected chi connectivity index (χ0v) is 12.8. The number of carbonyl (C=O) groups is 2. The number of rotatable bonds is 4. The van der Waals surface area contributed by atoms with E-state index in [-0.39, 0.29) is 24.4 Å². The van der Waals surface area contributed by atoms with Gasteiger partial charge in [-0.2, -0.15) is 5.10 Å². The molecule has 6 heteroatoms. The van der Waals surface area contributed by atoms with E-state index in [1.807, 2.05) is 0 Å². The number of Topliss-reactive ketones (excluding diaryl/α,β-unsaturated/α-hetero) is 1. The number of aromatic nitrogens is 2. The lowest BCUT2D eigenvalue weighted by molar-refractivity contribution is -0.149. The van der Waals surface area contributed by atoms with E-state index in [4.69, 9.17) is 4.74 Å². The quantitative estimate of drug-likeness (QED) is 0.867. The van der Waals surface area contributed by atoms with Crippen LogP contribution in [-0.4, -0.2) is 28.6 Å². The van der Waals surface area contributed by atoms with Gasteiger partial charge in [-0.25, -0.2) is 5.10 Å². The van der Waals surface area contributed by atoms with Gasteiger partial charge in [0.05, 0.1) is 17.5 Å². The molecule has 1 aromatic carbocycles. The van der Waals surface area contributed by atoms with Crippen molar-refractivity contribution in [1.82, 2.24) is 10.2 Å². The Kier molecular flexibility index (Phi) is 4.40. The van der Waals surface area contributed by atoms with Crippen LogP contribution in [0.3, 0.4) is 0 Å². The average molecular weight is 302 g/mol. The molecule has 0 aliphatic heterocycles. The maximum Gasteiger partial charge on any atom is 0.312 e. The van der Waals surface area contributed by atoms with Gasteiger partial charge < -0.3 is 4.74 Å². The molecule has 0 radical (unpaired) electrons. The number of carbonyl (C=O) groups excluding carboxylic acids is 2. The third-order valence-corrected chi connectivity index (χ3v) is 3.29. The number of ketones is 1. The van der Waals surface area contributed by atoms with Crippen molar-refractivity contribution in [3.8, 4) is 0 Å². The summed E-state index contributed by atoms with van der Waals surface area (Å²) in [4.78, 5) is 35.3. The molecule has 0 atom stereocenters. The number of ether oxygens (including phenoxy) is 1. The molecule has 0 unspecified atom stereocenters. The molecule has 116 valence electrons. The lowest BCUT2D eigenvalue weighted by Crippen LogP contribution is -2.27. The van der Waals surface area contributed by atoms with Crippen molar-refractivity contribution in [3.63, 3.8) is 0 Å². The van der Waals surface area contributed by atoms with Crippen molar-refractivity contribution in [2.75, 3.05) is 6.61 Å². The minimum absolute atomic E-state index is 0.102. The molecular weight excluding hydrogens is 284 g/mol. The van der Waals surface area contributed by atoms with Gasteiger partial charge in [0.15, 0.2) is 12.4 Å². The van der Waals surface area contributed by atoms with Crippen molar-refractivity contribution >= 4 is 22.5 Å². The molecule has 0 bridgehead atoms. The molecule has 6 nitrogen and oxygen atoms in total. The number of hydrogen-bond acceptors (Lipinski definition) is 5. The number of nitrogens with zero attached hydrogens (tertiary/aromatic N) is 1. The van der Waals surface area contributed by atoms with E-state index in [9.17, 15) is 14.4 Å². The van der Waals surface area contributed by atoms with Crippen LogP contribution in [0.25, 0.3) is 10.8 Å². The lowest BCUT2D eigenvalue weighted by Gasteiger charge is -2.16. The van der Waals surface area contributed by atoms with Crippen molar-refractivity contribution in [2.45, 2.75) is 27.2 Å². The maximum absolute atomic E-state index is 11.9. The van der Waals surface area contributed by atoms with Gasteiger partial charge in [0, 0.05) is 10.8 Å². The van der Waals surface area contributed by atoms with Gasteiger partial charge in [0.2, 0.25) is 0 Å². The van der Waals surface area contributed by atoms with Crippen molar-refractivity contribution < 1.29 is 14.3 Å². The summed E-state index contributed by atoms with van der Waals surface area (Å²) in [7, 11) is 0. The summed E-state index contributed by atoms with van der Waals surface area (Å²) >= 11 is 0. The van der Waals surface area contributed by atoms with E-state index in [2.05, 4.69) is 10.2 Å². The van der Waals surface area contributed by atoms with E-state index in [1.54, 1.807) is 45.0 Å². The third-order valence-electron chi connectivity index (χ3n) is 3.29. The van der Waals surface area contributed by atoms with Crippen LogP contribution in [0.1, 0.15) is 26.5 Å². The summed E-state index contributed by atoms with van der Waals surface area (Å²) in [6, 6.07) is 6.89.